The highest BCUT2D eigenvalue weighted by molar-refractivity contribution is 5.78. The summed E-state index contributed by atoms with van der Waals surface area (Å²) in [7, 11) is 1.89. The van der Waals surface area contributed by atoms with E-state index in [0.29, 0.717) is 26.0 Å². The fourth-order valence-corrected chi connectivity index (χ4v) is 2.43. The Morgan fingerprint density at radius 2 is 2.04 bits per heavy atom. The summed E-state index contributed by atoms with van der Waals surface area (Å²) in [5.41, 5.74) is 1.79. The summed E-state index contributed by atoms with van der Waals surface area (Å²) in [6.45, 7) is 3.01. The molecule has 1 unspecified atom stereocenters. The lowest BCUT2D eigenvalue weighted by Gasteiger charge is -2.12. The lowest BCUT2D eigenvalue weighted by Crippen LogP contribution is -2.27. The highest BCUT2D eigenvalue weighted by atomic mass is 16.5. The highest BCUT2D eigenvalue weighted by Gasteiger charge is 2.11. The van der Waals surface area contributed by atoms with Crippen molar-refractivity contribution in [1.29, 1.82) is 0 Å². The summed E-state index contributed by atoms with van der Waals surface area (Å²) in [6.07, 6.45) is 2.14. The van der Waals surface area contributed by atoms with Crippen LogP contribution >= 0.6 is 0 Å². The molecule has 1 aromatic heterocycles. The van der Waals surface area contributed by atoms with Gasteiger partial charge in [-0.05, 0) is 43.2 Å². The first kappa shape index (κ1) is 17.1. The third kappa shape index (κ3) is 5.14. The zero-order chi connectivity index (χ0) is 16.7. The van der Waals surface area contributed by atoms with Crippen LogP contribution in [0.5, 0.6) is 5.75 Å². The Balaban J connectivity index is 1.73. The minimum atomic E-state index is -0.569. The van der Waals surface area contributed by atoms with Crippen LogP contribution in [0.15, 0.2) is 42.6 Å². The van der Waals surface area contributed by atoms with Gasteiger partial charge in [0.1, 0.15) is 5.75 Å². The van der Waals surface area contributed by atoms with Crippen molar-refractivity contribution in [3.63, 3.8) is 0 Å². The summed E-state index contributed by atoms with van der Waals surface area (Å²) in [5, 5.41) is 12.9. The van der Waals surface area contributed by atoms with Crippen molar-refractivity contribution < 1.29 is 14.6 Å². The number of hydrogen-bond acceptors (Lipinski definition) is 3. The molecule has 0 radical (unpaired) electrons. The van der Waals surface area contributed by atoms with E-state index in [1.165, 1.54) is 0 Å². The maximum Gasteiger partial charge on any atom is 0.224 e. The van der Waals surface area contributed by atoms with E-state index < -0.39 is 6.10 Å². The van der Waals surface area contributed by atoms with Gasteiger partial charge in [0.15, 0.2) is 0 Å². The van der Waals surface area contributed by atoms with E-state index >= 15 is 0 Å². The average Bonchev–Trinajstić information content (AvgIpc) is 2.95. The molecule has 124 valence electrons. The Morgan fingerprint density at radius 3 is 2.65 bits per heavy atom. The molecule has 5 heteroatoms. The van der Waals surface area contributed by atoms with Crippen LogP contribution in [0.25, 0.3) is 0 Å². The van der Waals surface area contributed by atoms with Gasteiger partial charge in [-0.15, -0.1) is 0 Å². The smallest absolute Gasteiger partial charge is 0.224 e. The molecule has 1 heterocycles. The molecule has 0 aliphatic carbocycles. The Morgan fingerprint density at radius 1 is 1.30 bits per heavy atom. The quantitative estimate of drug-likeness (QED) is 0.785. The van der Waals surface area contributed by atoms with Crippen molar-refractivity contribution in [2.45, 2.75) is 25.9 Å². The van der Waals surface area contributed by atoms with E-state index in [4.69, 9.17) is 4.74 Å². The molecule has 1 aromatic carbocycles. The van der Waals surface area contributed by atoms with Crippen molar-refractivity contribution in [3.8, 4) is 5.75 Å². The summed E-state index contributed by atoms with van der Waals surface area (Å²) >= 11 is 0. The van der Waals surface area contributed by atoms with Crippen molar-refractivity contribution in [2.75, 3.05) is 13.2 Å². The second-order valence-electron chi connectivity index (χ2n) is 5.45. The zero-order valence-electron chi connectivity index (χ0n) is 13.7. The molecule has 0 spiro atoms. The first-order valence-electron chi connectivity index (χ1n) is 7.88. The van der Waals surface area contributed by atoms with Gasteiger partial charge in [0.25, 0.3) is 0 Å². The topological polar surface area (TPSA) is 63.5 Å². The van der Waals surface area contributed by atoms with Crippen LogP contribution in [0, 0.1) is 0 Å². The number of aryl methyl sites for hydroxylation is 1. The number of benzene rings is 1. The normalized spacial score (nSPS) is 12.0. The van der Waals surface area contributed by atoms with Crippen LogP contribution in [0.3, 0.4) is 0 Å². The highest BCUT2D eigenvalue weighted by Crippen LogP contribution is 2.15. The molecule has 5 nitrogen and oxygen atoms in total. The lowest BCUT2D eigenvalue weighted by molar-refractivity contribution is -0.120. The SMILES string of the molecule is CCOc1ccc(CC(=O)NCCC(O)c2cccn2C)cc1. The predicted molar refractivity (Wildman–Crippen MR) is 89.3 cm³/mol. The van der Waals surface area contributed by atoms with E-state index in [-0.39, 0.29) is 5.91 Å². The number of hydrogen-bond donors (Lipinski definition) is 2. The van der Waals surface area contributed by atoms with E-state index in [1.807, 2.05) is 61.1 Å². The first-order chi connectivity index (χ1) is 11.1. The van der Waals surface area contributed by atoms with Gasteiger partial charge in [0.2, 0.25) is 5.91 Å². The molecule has 0 saturated heterocycles. The Kier molecular flexibility index (Phi) is 6.23. The molecule has 1 amide bonds. The second-order valence-corrected chi connectivity index (χ2v) is 5.45. The number of nitrogens with zero attached hydrogens (tertiary/aromatic N) is 1. The Labute approximate surface area is 136 Å². The van der Waals surface area contributed by atoms with E-state index in [0.717, 1.165) is 17.0 Å². The average molecular weight is 316 g/mol. The summed E-state index contributed by atoms with van der Waals surface area (Å²) < 4.78 is 7.25. The minimum Gasteiger partial charge on any atom is -0.494 e. The number of aromatic nitrogens is 1. The number of aliphatic hydroxyl groups excluding tert-OH is 1. The Hall–Kier alpha value is -2.27. The van der Waals surface area contributed by atoms with E-state index in [2.05, 4.69) is 5.32 Å². The third-order valence-corrected chi connectivity index (χ3v) is 3.66. The molecule has 0 aliphatic rings. The molecule has 0 fully saturated rings. The largest absolute Gasteiger partial charge is 0.494 e. The number of amides is 1. The van der Waals surface area contributed by atoms with Crippen LogP contribution in [0.1, 0.15) is 30.7 Å². The van der Waals surface area contributed by atoms with Gasteiger partial charge < -0.3 is 19.7 Å². The number of carbonyl (C=O) groups is 1. The Bertz CT molecular complexity index is 619. The maximum atomic E-state index is 11.9. The molecule has 1 atom stereocenters. The monoisotopic (exact) mass is 316 g/mol. The molecular weight excluding hydrogens is 292 g/mol. The maximum absolute atomic E-state index is 11.9. The number of rotatable bonds is 8. The number of ether oxygens (including phenoxy) is 1. The minimum absolute atomic E-state index is 0.0479. The van der Waals surface area contributed by atoms with Gasteiger partial charge in [-0.2, -0.15) is 0 Å². The van der Waals surface area contributed by atoms with Gasteiger partial charge in [-0.1, -0.05) is 12.1 Å². The molecule has 0 bridgehead atoms. The van der Waals surface area contributed by atoms with Crippen molar-refractivity contribution in [3.05, 3.63) is 53.9 Å². The van der Waals surface area contributed by atoms with Gasteiger partial charge in [-0.25, -0.2) is 0 Å². The van der Waals surface area contributed by atoms with Gasteiger partial charge in [0.05, 0.1) is 19.1 Å². The van der Waals surface area contributed by atoms with Crippen molar-refractivity contribution in [2.24, 2.45) is 7.05 Å². The van der Waals surface area contributed by atoms with Crippen molar-refractivity contribution >= 4 is 5.91 Å². The molecule has 0 aliphatic heterocycles. The van der Waals surface area contributed by atoms with Crippen LogP contribution in [-0.2, 0) is 18.3 Å². The molecular formula is C18H24N2O3. The number of carbonyl (C=O) groups excluding carboxylic acids is 1. The van der Waals surface area contributed by atoms with Gasteiger partial charge in [0, 0.05) is 25.5 Å². The first-order valence-corrected chi connectivity index (χ1v) is 7.88. The fraction of sp³-hybridized carbons (Fsp3) is 0.389. The lowest BCUT2D eigenvalue weighted by atomic mass is 10.1. The van der Waals surface area contributed by atoms with Gasteiger partial charge in [-0.3, -0.25) is 4.79 Å². The van der Waals surface area contributed by atoms with Crippen LogP contribution in [0.2, 0.25) is 0 Å². The summed E-state index contributed by atoms with van der Waals surface area (Å²) in [4.78, 5) is 11.9. The molecule has 2 N–H and O–H groups in total. The van der Waals surface area contributed by atoms with Gasteiger partial charge >= 0.3 is 0 Å². The number of aliphatic hydroxyl groups is 1. The molecule has 2 aromatic rings. The summed E-state index contributed by atoms with van der Waals surface area (Å²) in [5.74, 6) is 0.760. The summed E-state index contributed by atoms with van der Waals surface area (Å²) in [6, 6.07) is 11.3. The fourth-order valence-electron chi connectivity index (χ4n) is 2.43. The van der Waals surface area contributed by atoms with Crippen molar-refractivity contribution in [1.82, 2.24) is 9.88 Å². The molecule has 23 heavy (non-hydrogen) atoms. The van der Waals surface area contributed by atoms with E-state index in [1.54, 1.807) is 0 Å². The number of nitrogens with one attached hydrogen (secondary N) is 1. The van der Waals surface area contributed by atoms with Crippen LogP contribution in [0.4, 0.5) is 0 Å². The standard InChI is InChI=1S/C18H24N2O3/c1-3-23-15-8-6-14(7-9-15)13-18(22)19-11-10-17(21)16-5-4-12-20(16)2/h4-9,12,17,21H,3,10-11,13H2,1-2H3,(H,19,22). The second kappa shape index (κ2) is 8.39. The predicted octanol–water partition coefficient (Wildman–Crippen LogP) is 2.21. The third-order valence-electron chi connectivity index (χ3n) is 3.66. The molecule has 0 saturated carbocycles. The van der Waals surface area contributed by atoms with Crippen LogP contribution in [-0.4, -0.2) is 28.7 Å². The van der Waals surface area contributed by atoms with E-state index in [9.17, 15) is 9.90 Å². The zero-order valence-corrected chi connectivity index (χ0v) is 13.7. The molecule has 2 rings (SSSR count). The van der Waals surface area contributed by atoms with Crippen LogP contribution < -0.4 is 10.1 Å².